The Hall–Kier alpha value is -2.13. The van der Waals surface area contributed by atoms with Crippen molar-refractivity contribution in [3.05, 3.63) is 64.7 Å². The highest BCUT2D eigenvalue weighted by Gasteiger charge is 2.48. The molecule has 1 N–H and O–H groups in total. The molecule has 2 aliphatic heterocycles. The predicted molar refractivity (Wildman–Crippen MR) is 152 cm³/mol. The van der Waals surface area contributed by atoms with Gasteiger partial charge in [-0.15, -0.1) is 12.4 Å². The van der Waals surface area contributed by atoms with Crippen molar-refractivity contribution < 1.29 is 18.0 Å². The van der Waals surface area contributed by atoms with Gasteiger partial charge in [0, 0.05) is 43.4 Å². The summed E-state index contributed by atoms with van der Waals surface area (Å²) >= 11 is 6.30. The maximum atomic E-state index is 13.5. The average molecular weight is 583 g/mol. The standard InChI is InChI=1S/C28H36ClN3O4S.ClH/c1-3-26(33)30-15-11-25(22-5-4-6-23(29)19-22)31-16-12-28(13-17-31)14-18-32(27(28)34)20-21-7-9-24(10-8-21)37(2,35)36;/h4-10,19,25H,3,11-18,20H2,1-2H3,(H,30,33);1H. The number of amides is 2. The molecular weight excluding hydrogens is 545 g/mol. The van der Waals surface area contributed by atoms with E-state index in [4.69, 9.17) is 11.6 Å². The van der Waals surface area contributed by atoms with Gasteiger partial charge in [-0.25, -0.2) is 8.42 Å². The minimum atomic E-state index is -3.24. The van der Waals surface area contributed by atoms with E-state index in [1.807, 2.05) is 30.0 Å². The lowest BCUT2D eigenvalue weighted by Crippen LogP contribution is -2.46. The summed E-state index contributed by atoms with van der Waals surface area (Å²) in [4.78, 5) is 29.9. The molecule has 2 saturated heterocycles. The molecule has 0 aromatic heterocycles. The first-order chi connectivity index (χ1) is 17.6. The monoisotopic (exact) mass is 581 g/mol. The number of nitrogens with one attached hydrogen (secondary N) is 1. The van der Waals surface area contributed by atoms with Crippen LogP contribution in [0.4, 0.5) is 0 Å². The van der Waals surface area contributed by atoms with Gasteiger partial charge in [-0.3, -0.25) is 14.5 Å². The van der Waals surface area contributed by atoms with Crippen molar-refractivity contribution in [3.8, 4) is 0 Å². The summed E-state index contributed by atoms with van der Waals surface area (Å²) in [6.45, 7) is 5.27. The predicted octanol–water partition coefficient (Wildman–Crippen LogP) is 4.64. The molecule has 1 atom stereocenters. The molecule has 2 aliphatic rings. The van der Waals surface area contributed by atoms with Gasteiger partial charge in [-0.05, 0) is 74.2 Å². The Balaban J connectivity index is 0.00000400. The average Bonchev–Trinajstić information content (AvgIpc) is 3.16. The highest BCUT2D eigenvalue weighted by Crippen LogP contribution is 2.44. The van der Waals surface area contributed by atoms with Crippen LogP contribution in [-0.4, -0.2) is 62.5 Å². The Bertz CT molecular complexity index is 1230. The minimum Gasteiger partial charge on any atom is -0.356 e. The molecule has 0 bridgehead atoms. The third kappa shape index (κ3) is 7.08. The quantitative estimate of drug-likeness (QED) is 0.466. The van der Waals surface area contributed by atoms with E-state index in [2.05, 4.69) is 16.3 Å². The zero-order valence-electron chi connectivity index (χ0n) is 22.0. The van der Waals surface area contributed by atoms with Gasteiger partial charge in [0.25, 0.3) is 0 Å². The number of hydrogen-bond donors (Lipinski definition) is 1. The van der Waals surface area contributed by atoms with Crippen molar-refractivity contribution in [1.82, 2.24) is 15.1 Å². The fraction of sp³-hybridized carbons (Fsp3) is 0.500. The van der Waals surface area contributed by atoms with E-state index in [1.54, 1.807) is 24.3 Å². The van der Waals surface area contributed by atoms with Crippen molar-refractivity contribution in [2.75, 3.05) is 32.4 Å². The van der Waals surface area contributed by atoms with Gasteiger partial charge in [0.2, 0.25) is 11.8 Å². The first-order valence-corrected chi connectivity index (χ1v) is 15.2. The van der Waals surface area contributed by atoms with Gasteiger partial charge in [0.05, 0.1) is 10.3 Å². The maximum Gasteiger partial charge on any atom is 0.229 e. The van der Waals surface area contributed by atoms with Gasteiger partial charge in [0.15, 0.2) is 9.84 Å². The van der Waals surface area contributed by atoms with Gasteiger partial charge < -0.3 is 10.2 Å². The molecule has 0 aliphatic carbocycles. The summed E-state index contributed by atoms with van der Waals surface area (Å²) in [5, 5.41) is 3.68. The van der Waals surface area contributed by atoms with Crippen LogP contribution in [0.5, 0.6) is 0 Å². The van der Waals surface area contributed by atoms with Crippen LogP contribution >= 0.6 is 24.0 Å². The lowest BCUT2D eigenvalue weighted by molar-refractivity contribution is -0.139. The van der Waals surface area contributed by atoms with Crippen LogP contribution in [-0.2, 0) is 26.0 Å². The minimum absolute atomic E-state index is 0. The second-order valence-corrected chi connectivity index (χ2v) is 12.7. The molecule has 38 heavy (non-hydrogen) atoms. The fourth-order valence-corrected chi connectivity index (χ4v) is 6.41. The Morgan fingerprint density at radius 1 is 1.08 bits per heavy atom. The molecule has 208 valence electrons. The third-order valence-electron chi connectivity index (χ3n) is 7.82. The number of carbonyl (C=O) groups is 2. The van der Waals surface area contributed by atoms with E-state index < -0.39 is 9.84 Å². The van der Waals surface area contributed by atoms with Crippen molar-refractivity contribution in [3.63, 3.8) is 0 Å². The van der Waals surface area contributed by atoms with Gasteiger partial charge in [-0.2, -0.15) is 0 Å². The van der Waals surface area contributed by atoms with Gasteiger partial charge >= 0.3 is 0 Å². The van der Waals surface area contributed by atoms with E-state index in [-0.39, 0.29) is 40.6 Å². The molecule has 0 radical (unpaired) electrons. The van der Waals surface area contributed by atoms with E-state index in [1.165, 1.54) is 6.26 Å². The van der Waals surface area contributed by atoms with E-state index in [9.17, 15) is 18.0 Å². The number of nitrogens with zero attached hydrogens (tertiary/aromatic N) is 2. The Morgan fingerprint density at radius 2 is 1.74 bits per heavy atom. The fourth-order valence-electron chi connectivity index (χ4n) is 5.58. The van der Waals surface area contributed by atoms with E-state index in [0.717, 1.165) is 49.9 Å². The van der Waals surface area contributed by atoms with Crippen LogP contribution in [0.15, 0.2) is 53.4 Å². The number of likely N-dealkylation sites (tertiary alicyclic amines) is 2. The molecule has 4 rings (SSSR count). The highest BCUT2D eigenvalue weighted by molar-refractivity contribution is 7.90. The Morgan fingerprint density at radius 3 is 2.34 bits per heavy atom. The van der Waals surface area contributed by atoms with Crippen LogP contribution in [0.2, 0.25) is 5.02 Å². The zero-order valence-corrected chi connectivity index (χ0v) is 24.4. The number of rotatable bonds is 9. The molecule has 1 spiro atoms. The van der Waals surface area contributed by atoms with E-state index in [0.29, 0.717) is 31.1 Å². The number of sulfone groups is 1. The maximum absolute atomic E-state index is 13.5. The van der Waals surface area contributed by atoms with Crippen molar-refractivity contribution in [2.24, 2.45) is 5.41 Å². The van der Waals surface area contributed by atoms with Gasteiger partial charge in [-0.1, -0.05) is 42.8 Å². The molecule has 2 aromatic carbocycles. The van der Waals surface area contributed by atoms with Crippen molar-refractivity contribution in [1.29, 1.82) is 0 Å². The number of carbonyl (C=O) groups excluding carboxylic acids is 2. The Kier molecular flexibility index (Phi) is 10.3. The summed E-state index contributed by atoms with van der Waals surface area (Å²) in [7, 11) is -3.24. The molecule has 0 saturated carbocycles. The first-order valence-electron chi connectivity index (χ1n) is 13.0. The summed E-state index contributed by atoms with van der Waals surface area (Å²) in [6.07, 6.45) is 4.88. The largest absolute Gasteiger partial charge is 0.356 e. The first kappa shape index (κ1) is 30.4. The molecule has 10 heteroatoms. The zero-order chi connectivity index (χ0) is 26.6. The number of benzene rings is 2. The van der Waals surface area contributed by atoms with Gasteiger partial charge in [0.1, 0.15) is 0 Å². The molecule has 7 nitrogen and oxygen atoms in total. The second-order valence-electron chi connectivity index (χ2n) is 10.3. The Labute approximate surface area is 237 Å². The lowest BCUT2D eigenvalue weighted by atomic mass is 9.76. The highest BCUT2D eigenvalue weighted by atomic mass is 35.5. The van der Waals surface area contributed by atoms with Crippen LogP contribution in [0, 0.1) is 5.41 Å². The van der Waals surface area contributed by atoms with Crippen molar-refractivity contribution in [2.45, 2.75) is 56.5 Å². The summed E-state index contributed by atoms with van der Waals surface area (Å²) in [5.74, 6) is 0.249. The molecule has 2 heterocycles. The van der Waals surface area contributed by atoms with Crippen molar-refractivity contribution >= 4 is 45.7 Å². The smallest absolute Gasteiger partial charge is 0.229 e. The normalized spacial score (nSPS) is 18.3. The second kappa shape index (κ2) is 12.8. The third-order valence-corrected chi connectivity index (χ3v) is 9.18. The number of halogens is 2. The molecule has 2 fully saturated rings. The molecule has 2 amide bonds. The van der Waals surface area contributed by atoms with Crippen LogP contribution < -0.4 is 5.32 Å². The topological polar surface area (TPSA) is 86.8 Å². The van der Waals surface area contributed by atoms with Crippen LogP contribution in [0.3, 0.4) is 0 Å². The van der Waals surface area contributed by atoms with Crippen LogP contribution in [0.25, 0.3) is 0 Å². The van der Waals surface area contributed by atoms with E-state index >= 15 is 0 Å². The number of piperidine rings is 1. The SMILES string of the molecule is CCC(=O)NCCC(c1cccc(Cl)c1)N1CCC2(CCN(Cc3ccc(S(C)(=O)=O)cc3)C2=O)CC1.Cl. The molecule has 1 unspecified atom stereocenters. The summed E-state index contributed by atoms with van der Waals surface area (Å²) in [6, 6.07) is 14.8. The lowest BCUT2D eigenvalue weighted by Gasteiger charge is -2.42. The van der Waals surface area contributed by atoms with Crippen LogP contribution in [0.1, 0.15) is 56.2 Å². The summed E-state index contributed by atoms with van der Waals surface area (Å²) in [5.41, 5.74) is 1.73. The number of hydrogen-bond acceptors (Lipinski definition) is 5. The molecule has 2 aromatic rings. The molecular formula is C28H37Cl2N3O4S. The summed E-state index contributed by atoms with van der Waals surface area (Å²) < 4.78 is 23.5.